The van der Waals surface area contributed by atoms with Crippen LogP contribution in [0.1, 0.15) is 23.6 Å². The Morgan fingerprint density at radius 1 is 1.30 bits per heavy atom. The quantitative estimate of drug-likeness (QED) is 0.869. The molecule has 0 amide bonds. The highest BCUT2D eigenvalue weighted by atomic mass is 79.9. The first-order valence-corrected chi connectivity index (χ1v) is 7.36. The van der Waals surface area contributed by atoms with E-state index in [2.05, 4.69) is 26.1 Å². The molecule has 1 N–H and O–H groups in total. The second kappa shape index (κ2) is 8.27. The summed E-state index contributed by atoms with van der Waals surface area (Å²) in [7, 11) is 0. The second-order valence-electron chi connectivity index (χ2n) is 4.93. The van der Waals surface area contributed by atoms with Crippen LogP contribution in [0.5, 0.6) is 0 Å². The van der Waals surface area contributed by atoms with Crippen molar-refractivity contribution in [1.29, 1.82) is 0 Å². The van der Waals surface area contributed by atoms with E-state index in [9.17, 15) is 8.78 Å². The van der Waals surface area contributed by atoms with Crippen molar-refractivity contribution in [2.45, 2.75) is 25.8 Å². The molecule has 2 nitrogen and oxygen atoms in total. The lowest BCUT2D eigenvalue weighted by Gasteiger charge is -2.36. The van der Waals surface area contributed by atoms with Gasteiger partial charge in [0.15, 0.2) is 0 Å². The standard InChI is InChI=1S/C14H19BrF2N2.ClH/c1-10-2-3-11(15)8-12(10)13(9-14(16)17)19-6-4-18-5-7-19;/h2-3,8,13-14,18H,4-7,9H2,1H3;1H/t13-;/m1./s1. The minimum atomic E-state index is -2.28. The molecule has 1 aliphatic heterocycles. The lowest BCUT2D eigenvalue weighted by Crippen LogP contribution is -2.45. The van der Waals surface area contributed by atoms with E-state index in [1.54, 1.807) is 0 Å². The maximum absolute atomic E-state index is 12.9. The first-order valence-electron chi connectivity index (χ1n) is 6.57. The average Bonchev–Trinajstić information content (AvgIpc) is 2.40. The number of benzene rings is 1. The first kappa shape index (κ1) is 17.8. The van der Waals surface area contributed by atoms with E-state index in [4.69, 9.17) is 0 Å². The molecule has 6 heteroatoms. The molecule has 0 spiro atoms. The van der Waals surface area contributed by atoms with Gasteiger partial charge in [-0.05, 0) is 30.2 Å². The number of piperazine rings is 1. The van der Waals surface area contributed by atoms with Crippen molar-refractivity contribution in [3.8, 4) is 0 Å². The third-order valence-corrected chi connectivity index (χ3v) is 4.09. The number of halogens is 4. The Bertz CT molecular complexity index is 426. The fraction of sp³-hybridized carbons (Fsp3) is 0.571. The predicted octanol–water partition coefficient (Wildman–Crippen LogP) is 3.78. The van der Waals surface area contributed by atoms with Crippen molar-refractivity contribution in [2.75, 3.05) is 26.2 Å². The molecule has 1 aromatic rings. The highest BCUT2D eigenvalue weighted by molar-refractivity contribution is 9.10. The molecule has 0 aliphatic carbocycles. The molecule has 0 saturated carbocycles. The number of nitrogens with one attached hydrogen (secondary N) is 1. The fourth-order valence-corrected chi connectivity index (χ4v) is 2.98. The number of hydrogen-bond acceptors (Lipinski definition) is 2. The van der Waals surface area contributed by atoms with Gasteiger partial charge in [-0.25, -0.2) is 8.78 Å². The van der Waals surface area contributed by atoms with Crippen LogP contribution in [-0.4, -0.2) is 37.5 Å². The predicted molar refractivity (Wildman–Crippen MR) is 83.9 cm³/mol. The number of rotatable bonds is 4. The van der Waals surface area contributed by atoms with Gasteiger partial charge in [0.2, 0.25) is 6.43 Å². The van der Waals surface area contributed by atoms with E-state index in [0.717, 1.165) is 41.8 Å². The van der Waals surface area contributed by atoms with Crippen LogP contribution in [0.4, 0.5) is 8.78 Å². The van der Waals surface area contributed by atoms with Gasteiger partial charge in [-0.3, -0.25) is 4.90 Å². The largest absolute Gasteiger partial charge is 0.314 e. The lowest BCUT2D eigenvalue weighted by molar-refractivity contribution is 0.0737. The molecule has 0 radical (unpaired) electrons. The number of nitrogens with zero attached hydrogens (tertiary/aromatic N) is 1. The lowest BCUT2D eigenvalue weighted by atomic mass is 9.97. The van der Waals surface area contributed by atoms with E-state index in [1.807, 2.05) is 25.1 Å². The topological polar surface area (TPSA) is 15.3 Å². The summed E-state index contributed by atoms with van der Waals surface area (Å²) in [6.07, 6.45) is -2.38. The van der Waals surface area contributed by atoms with Crippen molar-refractivity contribution < 1.29 is 8.78 Å². The third-order valence-electron chi connectivity index (χ3n) is 3.59. The molecule has 1 saturated heterocycles. The summed E-state index contributed by atoms with van der Waals surface area (Å²) >= 11 is 3.44. The van der Waals surface area contributed by atoms with Gasteiger partial charge >= 0.3 is 0 Å². The molecular weight excluding hydrogens is 350 g/mol. The smallest absolute Gasteiger partial charge is 0.240 e. The maximum Gasteiger partial charge on any atom is 0.240 e. The van der Waals surface area contributed by atoms with E-state index in [-0.39, 0.29) is 24.9 Å². The molecule has 0 aromatic heterocycles. The first-order chi connectivity index (χ1) is 9.08. The zero-order valence-electron chi connectivity index (χ0n) is 11.4. The molecule has 1 fully saturated rings. The van der Waals surface area contributed by atoms with Crippen LogP contribution in [0.2, 0.25) is 0 Å². The second-order valence-corrected chi connectivity index (χ2v) is 5.85. The summed E-state index contributed by atoms with van der Waals surface area (Å²) in [5.74, 6) is 0. The van der Waals surface area contributed by atoms with E-state index in [1.165, 1.54) is 0 Å². The Morgan fingerprint density at radius 2 is 1.95 bits per heavy atom. The third kappa shape index (κ3) is 4.65. The molecule has 2 rings (SSSR count). The number of hydrogen-bond donors (Lipinski definition) is 1. The molecule has 1 heterocycles. The van der Waals surface area contributed by atoms with Gasteiger partial charge in [-0.2, -0.15) is 0 Å². The molecule has 0 bridgehead atoms. The van der Waals surface area contributed by atoms with Crippen LogP contribution < -0.4 is 5.32 Å². The van der Waals surface area contributed by atoms with Crippen molar-refractivity contribution in [3.05, 3.63) is 33.8 Å². The Labute approximate surface area is 133 Å². The molecule has 1 aliphatic rings. The zero-order valence-corrected chi connectivity index (χ0v) is 13.8. The van der Waals surface area contributed by atoms with Crippen LogP contribution >= 0.6 is 28.3 Å². The molecule has 20 heavy (non-hydrogen) atoms. The van der Waals surface area contributed by atoms with Crippen LogP contribution in [0.3, 0.4) is 0 Å². The number of aryl methyl sites for hydroxylation is 1. The Morgan fingerprint density at radius 3 is 2.55 bits per heavy atom. The Balaban J connectivity index is 0.00000200. The van der Waals surface area contributed by atoms with Gasteiger partial charge in [0.05, 0.1) is 0 Å². The van der Waals surface area contributed by atoms with Crippen LogP contribution in [0.25, 0.3) is 0 Å². The summed E-state index contributed by atoms with van der Waals surface area (Å²) < 4.78 is 26.8. The molecule has 1 atom stereocenters. The van der Waals surface area contributed by atoms with Gasteiger partial charge in [0.25, 0.3) is 0 Å². The van der Waals surface area contributed by atoms with Crippen molar-refractivity contribution in [2.24, 2.45) is 0 Å². The average molecular weight is 370 g/mol. The van der Waals surface area contributed by atoms with Gasteiger partial charge in [-0.15, -0.1) is 12.4 Å². The Kier molecular flexibility index (Phi) is 7.37. The SMILES string of the molecule is Cc1ccc(Br)cc1[C@@H](CC(F)F)N1CCNCC1.Cl. The summed E-state index contributed by atoms with van der Waals surface area (Å²) in [5.41, 5.74) is 2.09. The van der Waals surface area contributed by atoms with E-state index >= 15 is 0 Å². The van der Waals surface area contributed by atoms with Crippen molar-refractivity contribution in [1.82, 2.24) is 10.2 Å². The Hall–Kier alpha value is -0.230. The van der Waals surface area contributed by atoms with Gasteiger partial charge in [-0.1, -0.05) is 22.0 Å². The van der Waals surface area contributed by atoms with Gasteiger partial charge < -0.3 is 5.32 Å². The molecule has 114 valence electrons. The van der Waals surface area contributed by atoms with Crippen LogP contribution in [-0.2, 0) is 0 Å². The summed E-state index contributed by atoms with van der Waals surface area (Å²) in [5, 5.41) is 3.26. The minimum absolute atomic E-state index is 0. The molecular formula is C14H20BrClF2N2. The van der Waals surface area contributed by atoms with E-state index < -0.39 is 6.43 Å². The maximum atomic E-state index is 12.9. The van der Waals surface area contributed by atoms with E-state index in [0.29, 0.717) is 0 Å². The van der Waals surface area contributed by atoms with Gasteiger partial charge in [0.1, 0.15) is 0 Å². The van der Waals surface area contributed by atoms with Crippen LogP contribution in [0, 0.1) is 6.92 Å². The molecule has 0 unspecified atom stereocenters. The molecule has 1 aromatic carbocycles. The van der Waals surface area contributed by atoms with Crippen molar-refractivity contribution in [3.63, 3.8) is 0 Å². The monoisotopic (exact) mass is 368 g/mol. The van der Waals surface area contributed by atoms with Crippen molar-refractivity contribution >= 4 is 28.3 Å². The summed E-state index contributed by atoms with van der Waals surface area (Å²) in [6, 6.07) is 5.72. The zero-order chi connectivity index (χ0) is 13.8. The minimum Gasteiger partial charge on any atom is -0.314 e. The highest BCUT2D eigenvalue weighted by Gasteiger charge is 2.26. The number of alkyl halides is 2. The van der Waals surface area contributed by atoms with Crippen LogP contribution in [0.15, 0.2) is 22.7 Å². The summed E-state index contributed by atoms with van der Waals surface area (Å²) in [4.78, 5) is 2.16. The summed E-state index contributed by atoms with van der Waals surface area (Å²) in [6.45, 7) is 5.37. The van der Waals surface area contributed by atoms with Gasteiger partial charge in [0, 0.05) is 43.1 Å². The highest BCUT2D eigenvalue weighted by Crippen LogP contribution is 2.31. The normalized spacial score (nSPS) is 17.9. The fourth-order valence-electron chi connectivity index (χ4n) is 2.61.